The zero-order chi connectivity index (χ0) is 23.5. The van der Waals surface area contributed by atoms with Crippen molar-refractivity contribution in [3.05, 3.63) is 64.8 Å². The van der Waals surface area contributed by atoms with Gasteiger partial charge in [0.2, 0.25) is 5.88 Å². The number of aryl methyl sites for hydroxylation is 1. The molecule has 0 aliphatic carbocycles. The highest BCUT2D eigenvalue weighted by Gasteiger charge is 2.19. The smallest absolute Gasteiger partial charge is 0.214 e. The van der Waals surface area contributed by atoms with Gasteiger partial charge in [-0.25, -0.2) is 4.98 Å². The maximum absolute atomic E-state index is 6.04. The molecule has 0 saturated carbocycles. The van der Waals surface area contributed by atoms with Crippen molar-refractivity contribution in [1.29, 1.82) is 0 Å². The molecule has 7 nitrogen and oxygen atoms in total. The van der Waals surface area contributed by atoms with Crippen molar-refractivity contribution in [1.82, 2.24) is 20.5 Å². The Balaban J connectivity index is 1.40. The first kappa shape index (κ1) is 22.7. The van der Waals surface area contributed by atoms with Crippen LogP contribution >= 0.6 is 11.3 Å². The molecule has 0 amide bonds. The van der Waals surface area contributed by atoms with Crippen molar-refractivity contribution >= 4 is 27.9 Å². The minimum absolute atomic E-state index is 0.0477. The number of hydrogen-bond acceptors (Lipinski definition) is 8. The Morgan fingerprint density at radius 2 is 2.06 bits per heavy atom. The van der Waals surface area contributed by atoms with Crippen LogP contribution in [0.5, 0.6) is 5.88 Å². The van der Waals surface area contributed by atoms with Crippen LogP contribution in [0.25, 0.3) is 21.2 Å². The Bertz CT molecular complexity index is 1290. The lowest BCUT2D eigenvalue weighted by atomic mass is 10.1. The van der Waals surface area contributed by atoms with Gasteiger partial charge in [0.25, 0.3) is 0 Å². The lowest BCUT2D eigenvalue weighted by molar-refractivity contribution is 0.138. The van der Waals surface area contributed by atoms with E-state index in [0.29, 0.717) is 12.5 Å². The van der Waals surface area contributed by atoms with Gasteiger partial charge >= 0.3 is 0 Å². The summed E-state index contributed by atoms with van der Waals surface area (Å²) in [5.41, 5.74) is 3.41. The molecule has 1 aliphatic heterocycles. The molecule has 1 aromatic carbocycles. The zero-order valence-electron chi connectivity index (χ0n) is 19.7. The zero-order valence-corrected chi connectivity index (χ0v) is 20.5. The molecule has 8 heteroatoms. The number of fused-ring (bicyclic) bond motifs is 1. The summed E-state index contributed by atoms with van der Waals surface area (Å²) in [4.78, 5) is 6.99. The summed E-state index contributed by atoms with van der Waals surface area (Å²) in [5, 5.41) is 17.6. The molecule has 1 saturated heterocycles. The highest BCUT2D eigenvalue weighted by Crippen LogP contribution is 2.35. The molecule has 0 spiro atoms. The van der Waals surface area contributed by atoms with Crippen LogP contribution in [0.4, 0.5) is 5.82 Å². The summed E-state index contributed by atoms with van der Waals surface area (Å²) in [6.45, 7) is 6.28. The van der Waals surface area contributed by atoms with Crippen LogP contribution in [0.3, 0.4) is 0 Å². The molecule has 1 fully saturated rings. The number of anilines is 1. The number of pyridine rings is 1. The van der Waals surface area contributed by atoms with Crippen LogP contribution in [0, 0.1) is 6.92 Å². The topological polar surface area (TPSA) is 81.2 Å². The van der Waals surface area contributed by atoms with E-state index in [9.17, 15) is 0 Å². The van der Waals surface area contributed by atoms with E-state index >= 15 is 0 Å². The quantitative estimate of drug-likeness (QED) is 0.366. The lowest BCUT2D eigenvalue weighted by Gasteiger charge is -2.16. The van der Waals surface area contributed by atoms with Gasteiger partial charge in [-0.3, -0.25) is 0 Å². The van der Waals surface area contributed by atoms with E-state index in [2.05, 4.69) is 69.1 Å². The Morgan fingerprint density at radius 3 is 2.88 bits per heavy atom. The number of thiophene rings is 1. The molecule has 34 heavy (non-hydrogen) atoms. The second-order valence-electron chi connectivity index (χ2n) is 8.56. The van der Waals surface area contributed by atoms with Gasteiger partial charge < -0.3 is 20.1 Å². The van der Waals surface area contributed by atoms with Gasteiger partial charge in [0.15, 0.2) is 5.82 Å². The van der Waals surface area contributed by atoms with Crippen molar-refractivity contribution in [2.24, 2.45) is 0 Å². The van der Waals surface area contributed by atoms with Crippen LogP contribution in [-0.4, -0.2) is 41.5 Å². The van der Waals surface area contributed by atoms with Crippen molar-refractivity contribution in [3.63, 3.8) is 0 Å². The highest BCUT2D eigenvalue weighted by molar-refractivity contribution is 7.15. The SMILES string of the molecule is CNCc1ccccc1-c1ccc([C@@H](C)Nc2nnc(C)c3cnc(O[C@H]4CCOC4)cc23)s1. The molecule has 4 heterocycles. The predicted octanol–water partition coefficient (Wildman–Crippen LogP) is 5.12. The maximum atomic E-state index is 6.04. The average Bonchev–Trinajstić information content (AvgIpc) is 3.54. The summed E-state index contributed by atoms with van der Waals surface area (Å²) in [7, 11) is 1.98. The van der Waals surface area contributed by atoms with Gasteiger partial charge in [-0.1, -0.05) is 24.3 Å². The Labute approximate surface area is 203 Å². The molecule has 2 atom stereocenters. The predicted molar refractivity (Wildman–Crippen MR) is 136 cm³/mol. The van der Waals surface area contributed by atoms with E-state index in [-0.39, 0.29) is 12.1 Å². The maximum Gasteiger partial charge on any atom is 0.214 e. The minimum Gasteiger partial charge on any atom is -0.472 e. The van der Waals surface area contributed by atoms with Gasteiger partial charge in [-0.05, 0) is 44.2 Å². The third-order valence-corrected chi connectivity index (χ3v) is 7.36. The van der Waals surface area contributed by atoms with Crippen LogP contribution in [0.15, 0.2) is 48.7 Å². The van der Waals surface area contributed by atoms with Crippen LogP contribution < -0.4 is 15.4 Å². The molecule has 0 bridgehead atoms. The van der Waals surface area contributed by atoms with Crippen molar-refractivity contribution in [2.75, 3.05) is 25.6 Å². The van der Waals surface area contributed by atoms with Crippen molar-refractivity contribution in [2.45, 2.75) is 39.0 Å². The number of rotatable bonds is 8. The Morgan fingerprint density at radius 1 is 1.18 bits per heavy atom. The highest BCUT2D eigenvalue weighted by atomic mass is 32.1. The molecule has 176 valence electrons. The average molecular weight is 476 g/mol. The van der Waals surface area contributed by atoms with Crippen LogP contribution in [0.2, 0.25) is 0 Å². The number of hydrogen-bond donors (Lipinski definition) is 2. The number of nitrogens with one attached hydrogen (secondary N) is 2. The first-order chi connectivity index (χ1) is 16.6. The van der Waals surface area contributed by atoms with E-state index in [4.69, 9.17) is 9.47 Å². The molecular formula is C26H29N5O2S. The van der Waals surface area contributed by atoms with Crippen LogP contribution in [0.1, 0.15) is 35.5 Å². The standard InChI is InChI=1S/C26H29N5O2S/c1-16-22-14-28-25(33-19-10-11-32-15-19)12-21(22)26(31-30-16)29-17(2)23-8-9-24(34-23)20-7-5-4-6-18(20)13-27-3/h4-9,12,14,17,19,27H,10-11,13,15H2,1-3H3,(H,29,31)/t17-,19+/m1/s1. The summed E-state index contributed by atoms with van der Waals surface area (Å²) in [6.07, 6.45) is 2.75. The minimum atomic E-state index is 0.0477. The van der Waals surface area contributed by atoms with Gasteiger partial charge in [-0.15, -0.1) is 16.4 Å². The van der Waals surface area contributed by atoms with Crippen molar-refractivity contribution in [3.8, 4) is 16.3 Å². The molecule has 4 aromatic rings. The number of nitrogens with zero attached hydrogens (tertiary/aromatic N) is 3. The van der Waals surface area contributed by atoms with E-state index in [1.54, 1.807) is 11.3 Å². The fraction of sp³-hybridized carbons (Fsp3) is 0.346. The molecule has 5 rings (SSSR count). The Kier molecular flexibility index (Phi) is 6.71. The largest absolute Gasteiger partial charge is 0.472 e. The fourth-order valence-electron chi connectivity index (χ4n) is 4.21. The van der Waals surface area contributed by atoms with E-state index in [0.717, 1.165) is 41.9 Å². The normalized spacial score (nSPS) is 16.6. The fourth-order valence-corrected chi connectivity index (χ4v) is 5.28. The van der Waals surface area contributed by atoms with E-state index < -0.39 is 0 Å². The molecule has 3 aromatic heterocycles. The summed E-state index contributed by atoms with van der Waals surface area (Å²) in [5.74, 6) is 1.32. The summed E-state index contributed by atoms with van der Waals surface area (Å²) < 4.78 is 11.5. The van der Waals surface area contributed by atoms with Gasteiger partial charge in [0.1, 0.15) is 6.10 Å². The third-order valence-electron chi connectivity index (χ3n) is 6.06. The first-order valence-electron chi connectivity index (χ1n) is 11.6. The first-order valence-corrected chi connectivity index (χ1v) is 12.4. The number of benzene rings is 1. The van der Waals surface area contributed by atoms with Crippen LogP contribution in [-0.2, 0) is 11.3 Å². The molecule has 1 aliphatic rings. The Hall–Kier alpha value is -3.07. The molecule has 0 radical (unpaired) electrons. The van der Waals surface area contributed by atoms with E-state index in [1.165, 1.54) is 20.9 Å². The van der Waals surface area contributed by atoms with Gasteiger partial charge in [0.05, 0.1) is 24.9 Å². The van der Waals surface area contributed by atoms with E-state index in [1.807, 2.05) is 26.2 Å². The monoisotopic (exact) mass is 475 g/mol. The second kappa shape index (κ2) is 10.0. The molecule has 0 unspecified atom stereocenters. The second-order valence-corrected chi connectivity index (χ2v) is 9.68. The lowest BCUT2D eigenvalue weighted by Crippen LogP contribution is -2.16. The summed E-state index contributed by atoms with van der Waals surface area (Å²) >= 11 is 1.80. The number of aromatic nitrogens is 3. The number of ether oxygens (including phenoxy) is 2. The molecular weight excluding hydrogens is 446 g/mol. The summed E-state index contributed by atoms with van der Waals surface area (Å²) in [6, 6.07) is 14.9. The molecule has 2 N–H and O–H groups in total. The van der Waals surface area contributed by atoms with Gasteiger partial charge in [0, 0.05) is 45.8 Å². The third kappa shape index (κ3) is 4.75. The van der Waals surface area contributed by atoms with Gasteiger partial charge in [-0.2, -0.15) is 5.10 Å². The van der Waals surface area contributed by atoms with Crippen molar-refractivity contribution < 1.29 is 9.47 Å².